The predicted octanol–water partition coefficient (Wildman–Crippen LogP) is 4.99. The Bertz CT molecular complexity index is 703. The summed E-state index contributed by atoms with van der Waals surface area (Å²) in [5.74, 6) is 0. The van der Waals surface area contributed by atoms with Gasteiger partial charge < -0.3 is 4.90 Å². The second-order valence-electron chi connectivity index (χ2n) is 4.83. The van der Waals surface area contributed by atoms with E-state index in [0.717, 1.165) is 11.3 Å². The lowest BCUT2D eigenvalue weighted by molar-refractivity contribution is 1.13. The van der Waals surface area contributed by atoms with Gasteiger partial charge in [-0.25, -0.2) is 0 Å². The van der Waals surface area contributed by atoms with Crippen LogP contribution in [0.25, 0.3) is 22.0 Å². The second kappa shape index (κ2) is 6.89. The van der Waals surface area contributed by atoms with Crippen LogP contribution in [0.3, 0.4) is 0 Å². The maximum atomic E-state index is 4.56. The van der Waals surface area contributed by atoms with E-state index in [2.05, 4.69) is 60.4 Å². The zero-order valence-electron chi connectivity index (χ0n) is 13.2. The minimum atomic E-state index is 1.04. The molecule has 3 rings (SSSR count). The van der Waals surface area contributed by atoms with Gasteiger partial charge in [-0.15, -0.1) is 0 Å². The monoisotopic (exact) mass is 278 g/mol. The van der Waals surface area contributed by atoms with E-state index in [-0.39, 0.29) is 0 Å². The van der Waals surface area contributed by atoms with Gasteiger partial charge in [-0.1, -0.05) is 50.2 Å². The van der Waals surface area contributed by atoms with Gasteiger partial charge in [-0.05, 0) is 23.6 Å². The molecule has 0 fully saturated rings. The third kappa shape index (κ3) is 3.22. The Kier molecular flexibility index (Phi) is 4.94. The van der Waals surface area contributed by atoms with Crippen LogP contribution in [0.4, 0.5) is 5.69 Å². The van der Waals surface area contributed by atoms with Crippen molar-refractivity contribution in [3.05, 3.63) is 60.8 Å². The lowest BCUT2D eigenvalue weighted by Gasteiger charge is -2.14. The van der Waals surface area contributed by atoms with E-state index in [9.17, 15) is 0 Å². The van der Waals surface area contributed by atoms with Crippen molar-refractivity contribution in [2.24, 2.45) is 0 Å². The largest absolute Gasteiger partial charge is 0.378 e. The molecule has 0 saturated heterocycles. The summed E-state index contributed by atoms with van der Waals surface area (Å²) in [6.45, 7) is 4.00. The number of hydrogen-bond acceptors (Lipinski definition) is 2. The number of hydrogen-bond donors (Lipinski definition) is 0. The number of benzene rings is 2. The fourth-order valence-corrected chi connectivity index (χ4v) is 2.26. The normalized spacial score (nSPS) is 9.90. The number of nitrogens with zero attached hydrogens (tertiary/aromatic N) is 2. The number of rotatable bonds is 2. The van der Waals surface area contributed by atoms with Gasteiger partial charge in [-0.3, -0.25) is 4.98 Å². The van der Waals surface area contributed by atoms with Gasteiger partial charge in [0.15, 0.2) is 0 Å². The van der Waals surface area contributed by atoms with Gasteiger partial charge in [0, 0.05) is 36.9 Å². The summed E-state index contributed by atoms with van der Waals surface area (Å²) < 4.78 is 0. The first-order valence-corrected chi connectivity index (χ1v) is 7.37. The predicted molar refractivity (Wildman–Crippen MR) is 92.9 cm³/mol. The number of pyridine rings is 1. The molecule has 0 amide bonds. The van der Waals surface area contributed by atoms with Gasteiger partial charge in [0.25, 0.3) is 0 Å². The van der Waals surface area contributed by atoms with Crippen LogP contribution in [0.5, 0.6) is 0 Å². The van der Waals surface area contributed by atoms with Crippen molar-refractivity contribution in [3.8, 4) is 11.3 Å². The van der Waals surface area contributed by atoms with E-state index in [1.807, 2.05) is 38.2 Å². The highest BCUT2D eigenvalue weighted by molar-refractivity contribution is 5.96. The molecule has 0 N–H and O–H groups in total. The van der Waals surface area contributed by atoms with Crippen LogP contribution in [0.15, 0.2) is 60.8 Å². The van der Waals surface area contributed by atoms with Gasteiger partial charge in [-0.2, -0.15) is 0 Å². The van der Waals surface area contributed by atoms with Crippen LogP contribution in [0.2, 0.25) is 0 Å². The van der Waals surface area contributed by atoms with Crippen LogP contribution < -0.4 is 4.90 Å². The van der Waals surface area contributed by atoms with E-state index in [1.54, 1.807) is 0 Å². The molecule has 2 heteroatoms. The van der Waals surface area contributed by atoms with E-state index in [1.165, 1.54) is 16.5 Å². The zero-order valence-corrected chi connectivity index (χ0v) is 13.2. The van der Waals surface area contributed by atoms with Crippen molar-refractivity contribution in [2.75, 3.05) is 19.0 Å². The zero-order chi connectivity index (χ0) is 15.2. The second-order valence-corrected chi connectivity index (χ2v) is 4.83. The maximum Gasteiger partial charge on any atom is 0.0781 e. The minimum absolute atomic E-state index is 1.04. The number of anilines is 1. The van der Waals surface area contributed by atoms with Crippen LogP contribution in [-0.2, 0) is 0 Å². The minimum Gasteiger partial charge on any atom is -0.378 e. The van der Waals surface area contributed by atoms with Crippen molar-refractivity contribution in [1.82, 2.24) is 4.98 Å². The first-order chi connectivity index (χ1) is 10.3. The average Bonchev–Trinajstić information content (AvgIpc) is 2.56. The summed E-state index contributed by atoms with van der Waals surface area (Å²) in [4.78, 5) is 6.67. The van der Waals surface area contributed by atoms with Gasteiger partial charge >= 0.3 is 0 Å². The van der Waals surface area contributed by atoms with Crippen LogP contribution in [0, 0.1) is 0 Å². The summed E-state index contributed by atoms with van der Waals surface area (Å²) in [5, 5.41) is 2.42. The van der Waals surface area contributed by atoms with Crippen molar-refractivity contribution >= 4 is 16.5 Å². The first-order valence-electron chi connectivity index (χ1n) is 7.37. The SMILES string of the molecule is CC.CN(C)c1ccc2ccnc(-c3ccccc3)c2c1. The molecule has 2 nitrogen and oxygen atoms in total. The lowest BCUT2D eigenvalue weighted by atomic mass is 10.0. The topological polar surface area (TPSA) is 16.1 Å². The Morgan fingerprint density at radius 2 is 1.57 bits per heavy atom. The number of fused-ring (bicyclic) bond motifs is 1. The molecule has 1 aromatic heterocycles. The first kappa shape index (κ1) is 15.0. The van der Waals surface area contributed by atoms with Gasteiger partial charge in [0.2, 0.25) is 0 Å². The quantitative estimate of drug-likeness (QED) is 0.656. The molecule has 0 aliphatic carbocycles. The molecule has 2 aromatic carbocycles. The van der Waals surface area contributed by atoms with Crippen molar-refractivity contribution < 1.29 is 0 Å². The van der Waals surface area contributed by atoms with E-state index >= 15 is 0 Å². The van der Waals surface area contributed by atoms with E-state index in [4.69, 9.17) is 0 Å². The highest BCUT2D eigenvalue weighted by atomic mass is 15.1. The van der Waals surface area contributed by atoms with Crippen molar-refractivity contribution in [3.63, 3.8) is 0 Å². The summed E-state index contributed by atoms with van der Waals surface area (Å²) >= 11 is 0. The maximum absolute atomic E-state index is 4.56. The molecule has 1 heterocycles. The van der Waals surface area contributed by atoms with E-state index in [0.29, 0.717) is 0 Å². The Balaban J connectivity index is 0.000000774. The molecule has 108 valence electrons. The Morgan fingerprint density at radius 3 is 2.24 bits per heavy atom. The fourth-order valence-electron chi connectivity index (χ4n) is 2.26. The molecule has 0 saturated carbocycles. The van der Waals surface area contributed by atoms with Crippen LogP contribution in [0.1, 0.15) is 13.8 Å². The molecule has 0 unspecified atom stereocenters. The molecule has 21 heavy (non-hydrogen) atoms. The third-order valence-corrected chi connectivity index (χ3v) is 3.31. The molecular formula is C19H22N2. The highest BCUT2D eigenvalue weighted by Crippen LogP contribution is 2.29. The van der Waals surface area contributed by atoms with Crippen LogP contribution >= 0.6 is 0 Å². The Labute approximate surface area is 127 Å². The van der Waals surface area contributed by atoms with Crippen molar-refractivity contribution in [1.29, 1.82) is 0 Å². The Hall–Kier alpha value is -2.35. The average molecular weight is 278 g/mol. The molecule has 0 aliphatic heterocycles. The molecule has 0 radical (unpaired) electrons. The molecule has 3 aromatic rings. The molecule has 0 spiro atoms. The number of aromatic nitrogens is 1. The van der Waals surface area contributed by atoms with Gasteiger partial charge in [0.1, 0.15) is 0 Å². The molecule has 0 bridgehead atoms. The van der Waals surface area contributed by atoms with Crippen molar-refractivity contribution in [2.45, 2.75) is 13.8 Å². The van der Waals surface area contributed by atoms with Gasteiger partial charge in [0.05, 0.1) is 5.69 Å². The van der Waals surface area contributed by atoms with E-state index < -0.39 is 0 Å². The smallest absolute Gasteiger partial charge is 0.0781 e. The molecule has 0 aliphatic rings. The lowest BCUT2D eigenvalue weighted by Crippen LogP contribution is -2.08. The summed E-state index contributed by atoms with van der Waals surface area (Å²) in [5.41, 5.74) is 3.39. The fraction of sp³-hybridized carbons (Fsp3) is 0.211. The Morgan fingerprint density at radius 1 is 0.857 bits per heavy atom. The molecular weight excluding hydrogens is 256 g/mol. The third-order valence-electron chi connectivity index (χ3n) is 3.31. The molecule has 0 atom stereocenters. The standard InChI is InChI=1S/C17H16N2.C2H6/c1-19(2)15-9-8-13-10-11-18-17(16(13)12-15)14-6-4-3-5-7-14;1-2/h3-12H,1-2H3;1-2H3. The summed E-state index contributed by atoms with van der Waals surface area (Å²) in [6, 6.07) is 18.9. The summed E-state index contributed by atoms with van der Waals surface area (Å²) in [6.07, 6.45) is 1.88. The van der Waals surface area contributed by atoms with Crippen LogP contribution in [-0.4, -0.2) is 19.1 Å². The summed E-state index contributed by atoms with van der Waals surface area (Å²) in [7, 11) is 4.11. The highest BCUT2D eigenvalue weighted by Gasteiger charge is 2.06.